The summed E-state index contributed by atoms with van der Waals surface area (Å²) in [6.45, 7) is 8.14. The van der Waals surface area contributed by atoms with Crippen molar-refractivity contribution in [1.29, 1.82) is 0 Å². The second-order valence-corrected chi connectivity index (χ2v) is 5.04. The van der Waals surface area contributed by atoms with Crippen molar-refractivity contribution < 1.29 is 4.42 Å². The average Bonchev–Trinajstić information content (AvgIpc) is 2.77. The molecule has 2 heterocycles. The van der Waals surface area contributed by atoms with Crippen molar-refractivity contribution in [1.82, 2.24) is 20.4 Å². The zero-order chi connectivity index (χ0) is 12.8. The maximum absolute atomic E-state index is 5.48. The molecule has 1 aromatic rings. The van der Waals surface area contributed by atoms with E-state index < -0.39 is 0 Å². The maximum Gasteiger partial charge on any atom is 0.230 e. The molecule has 1 N–H and O–H groups in total. The van der Waals surface area contributed by atoms with Gasteiger partial charge in [-0.1, -0.05) is 13.3 Å². The Kier molecular flexibility index (Phi) is 5.13. The first-order valence-electron chi connectivity index (χ1n) is 7.03. The fourth-order valence-corrected chi connectivity index (χ4v) is 2.52. The van der Waals surface area contributed by atoms with E-state index in [4.69, 9.17) is 4.42 Å². The van der Waals surface area contributed by atoms with Gasteiger partial charge in [0.15, 0.2) is 0 Å². The van der Waals surface area contributed by atoms with Gasteiger partial charge >= 0.3 is 0 Å². The molecular weight excluding hydrogens is 228 g/mol. The minimum atomic E-state index is 0.609. The number of nitrogens with one attached hydrogen (secondary N) is 1. The Balaban J connectivity index is 1.86. The van der Waals surface area contributed by atoms with Gasteiger partial charge in [-0.05, 0) is 32.4 Å². The standard InChI is InChI=1S/C13H24N4O/c1-3-7-14-9-12-6-4-5-8-17(12)10-13-16-15-11(2)18-13/h12,14H,3-10H2,1-2H3. The lowest BCUT2D eigenvalue weighted by Gasteiger charge is -2.34. The third-order valence-electron chi connectivity index (χ3n) is 3.46. The molecule has 18 heavy (non-hydrogen) atoms. The lowest BCUT2D eigenvalue weighted by molar-refractivity contribution is 0.125. The monoisotopic (exact) mass is 252 g/mol. The van der Waals surface area contributed by atoms with Crippen molar-refractivity contribution in [2.75, 3.05) is 19.6 Å². The summed E-state index contributed by atoms with van der Waals surface area (Å²) in [7, 11) is 0. The maximum atomic E-state index is 5.48. The highest BCUT2D eigenvalue weighted by atomic mass is 16.4. The zero-order valence-corrected chi connectivity index (χ0v) is 11.5. The van der Waals surface area contributed by atoms with Crippen LogP contribution in [-0.2, 0) is 6.54 Å². The molecule has 1 aromatic heterocycles. The second-order valence-electron chi connectivity index (χ2n) is 5.04. The number of piperidine rings is 1. The number of likely N-dealkylation sites (tertiary alicyclic amines) is 1. The number of aromatic nitrogens is 2. The van der Waals surface area contributed by atoms with E-state index in [0.29, 0.717) is 11.9 Å². The molecule has 0 amide bonds. The predicted molar refractivity (Wildman–Crippen MR) is 70.2 cm³/mol. The summed E-state index contributed by atoms with van der Waals surface area (Å²) in [5.41, 5.74) is 0. The highest BCUT2D eigenvalue weighted by Crippen LogP contribution is 2.18. The van der Waals surface area contributed by atoms with E-state index in [1.165, 1.54) is 25.7 Å². The molecule has 0 radical (unpaired) electrons. The van der Waals surface area contributed by atoms with Crippen LogP contribution in [0.2, 0.25) is 0 Å². The molecule has 0 aromatic carbocycles. The quantitative estimate of drug-likeness (QED) is 0.781. The number of rotatable bonds is 6. The smallest absolute Gasteiger partial charge is 0.230 e. The summed E-state index contributed by atoms with van der Waals surface area (Å²) in [4.78, 5) is 2.47. The van der Waals surface area contributed by atoms with Crippen LogP contribution in [0, 0.1) is 6.92 Å². The zero-order valence-electron chi connectivity index (χ0n) is 11.5. The molecule has 0 saturated carbocycles. The van der Waals surface area contributed by atoms with Gasteiger partial charge in [0.2, 0.25) is 11.8 Å². The lowest BCUT2D eigenvalue weighted by atomic mass is 10.0. The van der Waals surface area contributed by atoms with Crippen LogP contribution in [0.15, 0.2) is 4.42 Å². The molecule has 1 saturated heterocycles. The molecule has 5 heteroatoms. The minimum absolute atomic E-state index is 0.609. The summed E-state index contributed by atoms with van der Waals surface area (Å²) in [6.07, 6.45) is 5.06. The number of aryl methyl sites for hydroxylation is 1. The normalized spacial score (nSPS) is 21.3. The third kappa shape index (κ3) is 3.78. The Morgan fingerprint density at radius 2 is 2.28 bits per heavy atom. The van der Waals surface area contributed by atoms with Crippen LogP contribution in [0.3, 0.4) is 0 Å². The molecular formula is C13H24N4O. The second kappa shape index (κ2) is 6.85. The fourth-order valence-electron chi connectivity index (χ4n) is 2.52. The van der Waals surface area contributed by atoms with E-state index in [2.05, 4.69) is 27.3 Å². The predicted octanol–water partition coefficient (Wildman–Crippen LogP) is 1.73. The summed E-state index contributed by atoms with van der Waals surface area (Å²) in [6, 6.07) is 0.609. The van der Waals surface area contributed by atoms with Gasteiger partial charge in [-0.25, -0.2) is 0 Å². The molecule has 0 bridgehead atoms. The van der Waals surface area contributed by atoms with Gasteiger partial charge < -0.3 is 9.73 Å². The molecule has 2 rings (SSSR count). The molecule has 1 aliphatic rings. The highest BCUT2D eigenvalue weighted by molar-refractivity contribution is 4.85. The van der Waals surface area contributed by atoms with Crippen LogP contribution in [0.25, 0.3) is 0 Å². The van der Waals surface area contributed by atoms with Crippen molar-refractivity contribution in [3.05, 3.63) is 11.8 Å². The average molecular weight is 252 g/mol. The van der Waals surface area contributed by atoms with Crippen LogP contribution in [0.4, 0.5) is 0 Å². The van der Waals surface area contributed by atoms with Crippen molar-refractivity contribution in [3.63, 3.8) is 0 Å². The van der Waals surface area contributed by atoms with Crippen molar-refractivity contribution >= 4 is 0 Å². The molecule has 0 aliphatic carbocycles. The number of hydrogen-bond acceptors (Lipinski definition) is 5. The Morgan fingerprint density at radius 1 is 1.39 bits per heavy atom. The largest absolute Gasteiger partial charge is 0.424 e. The van der Waals surface area contributed by atoms with Gasteiger partial charge in [-0.2, -0.15) is 0 Å². The molecule has 1 aliphatic heterocycles. The highest BCUT2D eigenvalue weighted by Gasteiger charge is 2.23. The van der Waals surface area contributed by atoms with Crippen LogP contribution in [0.5, 0.6) is 0 Å². The van der Waals surface area contributed by atoms with Crippen molar-refractivity contribution in [3.8, 4) is 0 Å². The van der Waals surface area contributed by atoms with E-state index in [1.807, 2.05) is 6.92 Å². The van der Waals surface area contributed by atoms with Crippen molar-refractivity contribution in [2.45, 2.75) is 52.1 Å². The molecule has 5 nitrogen and oxygen atoms in total. The van der Waals surface area contributed by atoms with Gasteiger partial charge in [-0.15, -0.1) is 10.2 Å². The first-order chi connectivity index (χ1) is 8.79. The van der Waals surface area contributed by atoms with Gasteiger partial charge in [0, 0.05) is 19.5 Å². The number of nitrogens with zero attached hydrogens (tertiary/aromatic N) is 3. The lowest BCUT2D eigenvalue weighted by Crippen LogP contribution is -2.45. The first kappa shape index (κ1) is 13.5. The Bertz CT molecular complexity index is 353. The van der Waals surface area contributed by atoms with Crippen LogP contribution >= 0.6 is 0 Å². The summed E-state index contributed by atoms with van der Waals surface area (Å²) in [5, 5.41) is 11.5. The molecule has 1 fully saturated rings. The van der Waals surface area contributed by atoms with E-state index in [-0.39, 0.29) is 0 Å². The van der Waals surface area contributed by atoms with Crippen molar-refractivity contribution in [2.24, 2.45) is 0 Å². The third-order valence-corrected chi connectivity index (χ3v) is 3.46. The minimum Gasteiger partial charge on any atom is -0.424 e. The summed E-state index contributed by atoms with van der Waals surface area (Å²) < 4.78 is 5.48. The SMILES string of the molecule is CCCNCC1CCCCN1Cc1nnc(C)o1. The fraction of sp³-hybridized carbons (Fsp3) is 0.846. The first-order valence-corrected chi connectivity index (χ1v) is 7.03. The van der Waals surface area contributed by atoms with E-state index >= 15 is 0 Å². The van der Waals surface area contributed by atoms with Gasteiger partial charge in [0.1, 0.15) is 0 Å². The Hall–Kier alpha value is -0.940. The molecule has 0 spiro atoms. The van der Waals surface area contributed by atoms with E-state index in [9.17, 15) is 0 Å². The van der Waals surface area contributed by atoms with E-state index in [1.54, 1.807) is 0 Å². The topological polar surface area (TPSA) is 54.2 Å². The Labute approximate surface area is 109 Å². The number of hydrogen-bond donors (Lipinski definition) is 1. The van der Waals surface area contributed by atoms with Crippen LogP contribution in [0.1, 0.15) is 44.4 Å². The molecule has 1 unspecified atom stereocenters. The van der Waals surface area contributed by atoms with Crippen LogP contribution in [-0.4, -0.2) is 40.8 Å². The van der Waals surface area contributed by atoms with Crippen LogP contribution < -0.4 is 5.32 Å². The van der Waals surface area contributed by atoms with Gasteiger partial charge in [0.25, 0.3) is 0 Å². The molecule has 102 valence electrons. The molecule has 1 atom stereocenters. The van der Waals surface area contributed by atoms with Gasteiger partial charge in [0.05, 0.1) is 6.54 Å². The Morgan fingerprint density at radius 3 is 3.00 bits per heavy atom. The van der Waals surface area contributed by atoms with E-state index in [0.717, 1.165) is 32.1 Å². The summed E-state index contributed by atoms with van der Waals surface area (Å²) in [5.74, 6) is 1.40. The summed E-state index contributed by atoms with van der Waals surface area (Å²) >= 11 is 0. The van der Waals surface area contributed by atoms with Gasteiger partial charge in [-0.3, -0.25) is 4.90 Å².